The lowest BCUT2D eigenvalue weighted by Gasteiger charge is -2.35. The van der Waals surface area contributed by atoms with Crippen molar-refractivity contribution in [3.8, 4) is 17.0 Å². The van der Waals surface area contributed by atoms with E-state index in [0.29, 0.717) is 59.5 Å². The number of carbonyl (C=O) groups excluding carboxylic acids is 1. The molecule has 4 aromatic rings. The van der Waals surface area contributed by atoms with Gasteiger partial charge in [-0.05, 0) is 60.7 Å². The Balaban J connectivity index is 0.000000493. The second-order valence-corrected chi connectivity index (χ2v) is 9.01. The summed E-state index contributed by atoms with van der Waals surface area (Å²) in [5, 5.41) is 7.70. The number of aromatic nitrogens is 3. The molecule has 214 valence electrons. The Morgan fingerprint density at radius 2 is 1.51 bits per heavy atom. The highest BCUT2D eigenvalue weighted by molar-refractivity contribution is 6.30. The first kappa shape index (κ1) is 29.3. The lowest BCUT2D eigenvalue weighted by Crippen LogP contribution is -2.50. The number of fused-ring (bicyclic) bond motifs is 1. The van der Waals surface area contributed by atoms with Crippen LogP contribution in [-0.4, -0.2) is 69.4 Å². The second kappa shape index (κ2) is 12.2. The molecule has 0 aliphatic carbocycles. The molecular weight excluding hydrogens is 572 g/mol. The van der Waals surface area contributed by atoms with Crippen molar-refractivity contribution in [3.05, 3.63) is 71.5 Å². The van der Waals surface area contributed by atoms with Crippen LogP contribution in [0.4, 0.5) is 34.1 Å². The zero-order valence-electron chi connectivity index (χ0n) is 21.0. The van der Waals surface area contributed by atoms with Crippen molar-refractivity contribution in [2.24, 2.45) is 0 Å². The zero-order valence-corrected chi connectivity index (χ0v) is 21.7. The minimum atomic E-state index is -5.08. The third-order valence-corrected chi connectivity index (χ3v) is 6.03. The SMILES string of the molecule is Nc1nc(N2CCN(C(=O)Oc3ccc(Cl)cc3)CC2)c2nc(-c3ccc(F)cc3)ccc2n1.O=C(O)C(F)(F)F. The molecule has 2 aromatic carbocycles. The first-order valence-electron chi connectivity index (χ1n) is 11.9. The fraction of sp³-hybridized carbons (Fsp3) is 0.192. The summed E-state index contributed by atoms with van der Waals surface area (Å²) in [5.41, 5.74) is 8.61. The van der Waals surface area contributed by atoms with Crippen molar-refractivity contribution < 1.29 is 37.0 Å². The highest BCUT2D eigenvalue weighted by atomic mass is 35.5. The van der Waals surface area contributed by atoms with Gasteiger partial charge in [0.05, 0.1) is 11.2 Å². The summed E-state index contributed by atoms with van der Waals surface area (Å²) in [6.07, 6.45) is -5.51. The third kappa shape index (κ3) is 7.48. The van der Waals surface area contributed by atoms with Gasteiger partial charge in [-0.1, -0.05) is 11.6 Å². The Labute approximate surface area is 234 Å². The summed E-state index contributed by atoms with van der Waals surface area (Å²) in [7, 11) is 0. The summed E-state index contributed by atoms with van der Waals surface area (Å²) in [4.78, 5) is 38.6. The third-order valence-electron chi connectivity index (χ3n) is 5.78. The second-order valence-electron chi connectivity index (χ2n) is 8.58. The highest BCUT2D eigenvalue weighted by Gasteiger charge is 2.38. The van der Waals surface area contributed by atoms with E-state index < -0.39 is 18.2 Å². The number of nitrogens with two attached hydrogens (primary N) is 1. The molecule has 3 N–H and O–H groups in total. The first-order chi connectivity index (χ1) is 19.4. The predicted molar refractivity (Wildman–Crippen MR) is 142 cm³/mol. The van der Waals surface area contributed by atoms with Gasteiger partial charge in [0.2, 0.25) is 5.95 Å². The Hall–Kier alpha value is -4.72. The maximum absolute atomic E-state index is 13.3. The molecule has 0 atom stereocenters. The van der Waals surface area contributed by atoms with Crippen LogP contribution in [0.1, 0.15) is 0 Å². The number of nitrogen functional groups attached to an aromatic ring is 1. The van der Waals surface area contributed by atoms with E-state index >= 15 is 0 Å². The number of nitrogens with zero attached hydrogens (tertiary/aromatic N) is 5. The zero-order chi connectivity index (χ0) is 29.7. The molecule has 1 fully saturated rings. The Bertz CT molecular complexity index is 1550. The van der Waals surface area contributed by atoms with Gasteiger partial charge in [0, 0.05) is 36.8 Å². The molecule has 0 saturated carbocycles. The van der Waals surface area contributed by atoms with E-state index in [1.54, 1.807) is 41.3 Å². The molecule has 3 heterocycles. The Morgan fingerprint density at radius 3 is 2.10 bits per heavy atom. The number of hydrogen-bond acceptors (Lipinski definition) is 8. The number of amides is 1. The minimum Gasteiger partial charge on any atom is -0.475 e. The first-order valence-corrected chi connectivity index (χ1v) is 12.3. The van der Waals surface area contributed by atoms with Crippen LogP contribution in [0.25, 0.3) is 22.3 Å². The van der Waals surface area contributed by atoms with Crippen LogP contribution in [0, 0.1) is 5.82 Å². The highest BCUT2D eigenvalue weighted by Crippen LogP contribution is 2.28. The van der Waals surface area contributed by atoms with Gasteiger partial charge in [0.1, 0.15) is 17.1 Å². The maximum atomic E-state index is 13.3. The number of anilines is 2. The smallest absolute Gasteiger partial charge is 0.475 e. The number of hydrogen-bond donors (Lipinski definition) is 2. The van der Waals surface area contributed by atoms with Crippen LogP contribution < -0.4 is 15.4 Å². The quantitative estimate of drug-likeness (QED) is 0.314. The number of carboxylic acid groups (broad SMARTS) is 1. The van der Waals surface area contributed by atoms with Crippen LogP contribution in [0.15, 0.2) is 60.7 Å². The molecule has 0 radical (unpaired) electrons. The van der Waals surface area contributed by atoms with Crippen molar-refractivity contribution in [1.82, 2.24) is 19.9 Å². The summed E-state index contributed by atoms with van der Waals surface area (Å²) < 4.78 is 50.5. The Kier molecular flexibility index (Phi) is 8.71. The lowest BCUT2D eigenvalue weighted by molar-refractivity contribution is -0.192. The van der Waals surface area contributed by atoms with Crippen LogP contribution in [0.5, 0.6) is 5.75 Å². The van der Waals surface area contributed by atoms with Gasteiger partial charge in [-0.3, -0.25) is 0 Å². The van der Waals surface area contributed by atoms with E-state index in [9.17, 15) is 22.4 Å². The standard InChI is InChI=1S/C24H20ClFN6O2.C2HF3O2/c25-16-3-7-18(8-4-16)34-24(33)32-13-11-31(12-14-32)22-21-20(29-23(27)30-22)10-9-19(28-21)15-1-5-17(26)6-2-15;3-2(4,5)1(6)7/h1-10H,11-14H2,(H2,27,29,30);(H,6,7). The monoisotopic (exact) mass is 592 g/mol. The number of aliphatic carboxylic acids is 1. The number of carbonyl (C=O) groups is 2. The van der Waals surface area contributed by atoms with Crippen molar-refractivity contribution in [2.75, 3.05) is 36.8 Å². The van der Waals surface area contributed by atoms with Crippen molar-refractivity contribution in [3.63, 3.8) is 0 Å². The molecule has 5 rings (SSSR count). The maximum Gasteiger partial charge on any atom is 0.490 e. The van der Waals surface area contributed by atoms with Gasteiger partial charge in [-0.25, -0.2) is 23.9 Å². The molecule has 1 amide bonds. The van der Waals surface area contributed by atoms with E-state index in [-0.39, 0.29) is 11.8 Å². The molecule has 1 aliphatic rings. The van der Waals surface area contributed by atoms with E-state index in [0.717, 1.165) is 5.56 Å². The average Bonchev–Trinajstić information content (AvgIpc) is 2.94. The van der Waals surface area contributed by atoms with Crippen molar-refractivity contribution in [1.29, 1.82) is 0 Å². The van der Waals surface area contributed by atoms with E-state index in [2.05, 4.69) is 9.97 Å². The normalized spacial score (nSPS) is 13.4. The fourth-order valence-corrected chi connectivity index (χ4v) is 3.91. The molecule has 2 aromatic heterocycles. The van der Waals surface area contributed by atoms with Crippen molar-refractivity contribution in [2.45, 2.75) is 6.18 Å². The number of ether oxygens (including phenoxy) is 1. The molecule has 1 saturated heterocycles. The number of alkyl halides is 3. The van der Waals surface area contributed by atoms with Crippen LogP contribution >= 0.6 is 11.6 Å². The van der Waals surface area contributed by atoms with Crippen molar-refractivity contribution >= 4 is 46.5 Å². The number of rotatable bonds is 3. The Morgan fingerprint density at radius 1 is 0.902 bits per heavy atom. The molecule has 0 spiro atoms. The summed E-state index contributed by atoms with van der Waals surface area (Å²) in [6.45, 7) is 1.92. The molecule has 0 unspecified atom stereocenters. The van der Waals surface area contributed by atoms with Gasteiger partial charge in [-0.2, -0.15) is 18.2 Å². The number of benzene rings is 2. The largest absolute Gasteiger partial charge is 0.490 e. The van der Waals surface area contributed by atoms with Gasteiger partial charge in [0.15, 0.2) is 5.82 Å². The number of carboxylic acids is 1. The molecule has 15 heteroatoms. The minimum absolute atomic E-state index is 0.142. The molecule has 0 bridgehead atoms. The van der Waals surface area contributed by atoms with Gasteiger partial charge >= 0.3 is 18.2 Å². The van der Waals surface area contributed by atoms with Crippen LogP contribution in [0.2, 0.25) is 5.02 Å². The van der Waals surface area contributed by atoms with Gasteiger partial charge in [-0.15, -0.1) is 0 Å². The van der Waals surface area contributed by atoms with E-state index in [4.69, 9.17) is 37.0 Å². The summed E-state index contributed by atoms with van der Waals surface area (Å²) >= 11 is 5.88. The van der Waals surface area contributed by atoms with E-state index in [1.165, 1.54) is 12.1 Å². The topological polar surface area (TPSA) is 135 Å². The molecule has 10 nitrogen and oxygen atoms in total. The van der Waals surface area contributed by atoms with Gasteiger partial charge < -0.3 is 25.4 Å². The van der Waals surface area contributed by atoms with Gasteiger partial charge in [0.25, 0.3) is 0 Å². The summed E-state index contributed by atoms with van der Waals surface area (Å²) in [6, 6.07) is 16.4. The predicted octanol–water partition coefficient (Wildman–Crippen LogP) is 5.02. The van der Waals surface area contributed by atoms with E-state index in [1.807, 2.05) is 17.0 Å². The average molecular weight is 593 g/mol. The number of pyridine rings is 1. The van der Waals surface area contributed by atoms with Crippen LogP contribution in [0.3, 0.4) is 0 Å². The lowest BCUT2D eigenvalue weighted by atomic mass is 10.1. The molecule has 41 heavy (non-hydrogen) atoms. The molecule has 1 aliphatic heterocycles. The fourth-order valence-electron chi connectivity index (χ4n) is 3.79. The molecular formula is C26H21ClF4N6O4. The number of halogens is 5. The van der Waals surface area contributed by atoms with Crippen LogP contribution in [-0.2, 0) is 4.79 Å². The number of piperazine rings is 1. The summed E-state index contributed by atoms with van der Waals surface area (Å²) in [5.74, 6) is -1.90.